The molecule has 4 aromatic rings. The highest BCUT2D eigenvalue weighted by Crippen LogP contribution is 2.22. The third kappa shape index (κ3) is 8.01. The number of oxime groups is 1. The van der Waals surface area contributed by atoms with Crippen molar-refractivity contribution < 1.29 is 19.2 Å². The van der Waals surface area contributed by atoms with Gasteiger partial charge in [-0.25, -0.2) is 4.79 Å². The molecule has 0 fully saturated rings. The average molecular weight is 570 g/mol. The van der Waals surface area contributed by atoms with Crippen LogP contribution in [0.2, 0.25) is 5.02 Å². The number of hydrogen-bond donors (Lipinski definition) is 0. The van der Waals surface area contributed by atoms with E-state index in [1.165, 1.54) is 6.92 Å². The summed E-state index contributed by atoms with van der Waals surface area (Å²) in [5.74, 6) is -0.292. The first-order valence-corrected chi connectivity index (χ1v) is 14.1. The lowest BCUT2D eigenvalue weighted by atomic mass is 9.96. The molecule has 0 amide bonds. The molecular formula is C33H28ClNO4S. The van der Waals surface area contributed by atoms with Crippen LogP contribution in [0.5, 0.6) is 0 Å². The fraction of sp³-hybridized carbons (Fsp3) is 0.152. The Labute approximate surface area is 243 Å². The van der Waals surface area contributed by atoms with Gasteiger partial charge in [0.1, 0.15) is 5.71 Å². The van der Waals surface area contributed by atoms with Gasteiger partial charge in [-0.2, -0.15) is 0 Å². The van der Waals surface area contributed by atoms with E-state index in [-0.39, 0.29) is 17.3 Å². The predicted octanol–water partition coefficient (Wildman–Crippen LogP) is 7.75. The number of halogens is 1. The number of rotatable bonds is 11. The molecule has 0 unspecified atom stereocenters. The van der Waals surface area contributed by atoms with Crippen molar-refractivity contribution in [2.75, 3.05) is 5.75 Å². The van der Waals surface area contributed by atoms with Crippen LogP contribution in [0.1, 0.15) is 56.3 Å². The van der Waals surface area contributed by atoms with Crippen LogP contribution >= 0.6 is 23.4 Å². The van der Waals surface area contributed by atoms with Gasteiger partial charge in [-0.15, -0.1) is 11.8 Å². The van der Waals surface area contributed by atoms with E-state index in [1.54, 1.807) is 23.9 Å². The first kappa shape index (κ1) is 29.0. The van der Waals surface area contributed by atoms with Crippen molar-refractivity contribution in [3.8, 4) is 0 Å². The summed E-state index contributed by atoms with van der Waals surface area (Å²) in [6.07, 6.45) is 0.980. The molecule has 0 bridgehead atoms. The molecule has 0 heterocycles. The number of nitrogens with zero attached hydrogens (tertiary/aromatic N) is 1. The van der Waals surface area contributed by atoms with Crippen LogP contribution < -0.4 is 0 Å². The maximum atomic E-state index is 13.2. The number of hydrogen-bond acceptors (Lipinski definition) is 6. The molecule has 0 radical (unpaired) electrons. The van der Waals surface area contributed by atoms with Gasteiger partial charge in [0.15, 0.2) is 5.78 Å². The molecule has 202 valence electrons. The van der Waals surface area contributed by atoms with Crippen LogP contribution in [-0.4, -0.2) is 29.0 Å². The molecule has 0 aromatic heterocycles. The van der Waals surface area contributed by atoms with Gasteiger partial charge < -0.3 is 4.84 Å². The predicted molar refractivity (Wildman–Crippen MR) is 161 cm³/mol. The molecule has 0 aliphatic carbocycles. The lowest BCUT2D eigenvalue weighted by Gasteiger charge is -2.08. The fourth-order valence-electron chi connectivity index (χ4n) is 4.05. The maximum Gasteiger partial charge on any atom is 0.331 e. The molecule has 0 aliphatic heterocycles. The van der Waals surface area contributed by atoms with Crippen LogP contribution in [-0.2, 0) is 16.1 Å². The second-order valence-electron chi connectivity index (χ2n) is 9.22. The van der Waals surface area contributed by atoms with E-state index in [2.05, 4.69) is 5.16 Å². The Morgan fingerprint density at radius 3 is 2.00 bits per heavy atom. The highest BCUT2D eigenvalue weighted by molar-refractivity contribution is 7.99. The summed E-state index contributed by atoms with van der Waals surface area (Å²) in [7, 11) is 0. The Balaban J connectivity index is 1.39. The number of benzene rings is 4. The summed E-state index contributed by atoms with van der Waals surface area (Å²) in [4.78, 5) is 43.2. The van der Waals surface area contributed by atoms with Gasteiger partial charge in [-0.3, -0.25) is 9.59 Å². The highest BCUT2D eigenvalue weighted by Gasteiger charge is 2.16. The number of ketones is 2. The third-order valence-electron chi connectivity index (χ3n) is 6.20. The molecule has 0 atom stereocenters. The summed E-state index contributed by atoms with van der Waals surface area (Å²) in [5.41, 5.74) is 5.02. The molecule has 0 aliphatic rings. The molecule has 7 heteroatoms. The van der Waals surface area contributed by atoms with Gasteiger partial charge in [-0.1, -0.05) is 89.6 Å². The topological polar surface area (TPSA) is 72.8 Å². The Bertz CT molecular complexity index is 1530. The Morgan fingerprint density at radius 2 is 1.40 bits per heavy atom. The van der Waals surface area contributed by atoms with E-state index < -0.39 is 5.97 Å². The number of carbonyl (C=O) groups is 3. The van der Waals surface area contributed by atoms with E-state index in [4.69, 9.17) is 16.4 Å². The van der Waals surface area contributed by atoms with E-state index in [0.717, 1.165) is 21.6 Å². The largest absolute Gasteiger partial charge is 0.331 e. The number of aryl methyl sites for hydroxylation is 1. The first-order chi connectivity index (χ1) is 19.3. The smallest absolute Gasteiger partial charge is 0.318 e. The van der Waals surface area contributed by atoms with Gasteiger partial charge >= 0.3 is 5.97 Å². The van der Waals surface area contributed by atoms with E-state index in [1.807, 2.05) is 91.9 Å². The normalized spacial score (nSPS) is 11.2. The lowest BCUT2D eigenvalue weighted by Crippen LogP contribution is -2.16. The molecule has 0 spiro atoms. The van der Waals surface area contributed by atoms with Gasteiger partial charge in [0.2, 0.25) is 5.78 Å². The number of thioether (sulfide) groups is 1. The second-order valence-corrected chi connectivity index (χ2v) is 10.8. The van der Waals surface area contributed by atoms with Gasteiger partial charge in [0.05, 0.1) is 0 Å². The quantitative estimate of drug-likeness (QED) is 0.0607. The maximum absolute atomic E-state index is 13.2. The minimum absolute atomic E-state index is 0.00491. The minimum atomic E-state index is -0.586. The van der Waals surface area contributed by atoms with Crippen molar-refractivity contribution in [3.63, 3.8) is 0 Å². The van der Waals surface area contributed by atoms with Gasteiger partial charge in [0.25, 0.3) is 0 Å². The molecule has 0 saturated carbocycles. The van der Waals surface area contributed by atoms with Crippen LogP contribution in [0.4, 0.5) is 0 Å². The van der Waals surface area contributed by atoms with Crippen molar-refractivity contribution in [2.45, 2.75) is 31.6 Å². The van der Waals surface area contributed by atoms with E-state index >= 15 is 0 Å². The Hall–Kier alpha value is -4.00. The van der Waals surface area contributed by atoms with Gasteiger partial charge in [-0.05, 0) is 54.3 Å². The van der Waals surface area contributed by atoms with Gasteiger partial charge in [0, 0.05) is 45.7 Å². The molecule has 0 N–H and O–H groups in total. The van der Waals surface area contributed by atoms with Crippen LogP contribution in [0.25, 0.3) is 0 Å². The molecule has 40 heavy (non-hydrogen) atoms. The monoisotopic (exact) mass is 569 g/mol. The second kappa shape index (κ2) is 13.9. The van der Waals surface area contributed by atoms with Crippen LogP contribution in [0.3, 0.4) is 0 Å². The first-order valence-electron chi connectivity index (χ1n) is 12.8. The minimum Gasteiger partial charge on any atom is -0.318 e. The zero-order valence-corrected chi connectivity index (χ0v) is 23.8. The van der Waals surface area contributed by atoms with Crippen LogP contribution in [0, 0.1) is 6.92 Å². The molecule has 4 aromatic carbocycles. The Kier molecular flexibility index (Phi) is 10.1. The van der Waals surface area contributed by atoms with Crippen molar-refractivity contribution in [1.29, 1.82) is 0 Å². The summed E-state index contributed by atoms with van der Waals surface area (Å²) < 4.78 is 0. The molecule has 5 nitrogen and oxygen atoms in total. The third-order valence-corrected chi connectivity index (χ3v) is 7.46. The summed E-state index contributed by atoms with van der Waals surface area (Å²) in [5, 5.41) is 4.50. The number of carbonyl (C=O) groups excluding carboxylic acids is 3. The van der Waals surface area contributed by atoms with Crippen molar-refractivity contribution >= 4 is 46.6 Å². The Morgan fingerprint density at radius 1 is 0.800 bits per heavy atom. The zero-order chi connectivity index (χ0) is 28.5. The summed E-state index contributed by atoms with van der Waals surface area (Å²) in [6.45, 7) is 3.18. The van der Waals surface area contributed by atoms with Crippen molar-refractivity contribution in [3.05, 3.63) is 135 Å². The SMILES string of the molecule is CC(=O)O/N=C(\CCSc1ccc(Cl)cc1)C(=O)c1ccc(Cc2ccc(C(=O)c3ccccc3C)cc2)cc1. The average Bonchev–Trinajstić information content (AvgIpc) is 2.96. The highest BCUT2D eigenvalue weighted by atomic mass is 35.5. The van der Waals surface area contributed by atoms with Crippen LogP contribution in [0.15, 0.2) is 107 Å². The van der Waals surface area contributed by atoms with E-state index in [0.29, 0.717) is 40.3 Å². The van der Waals surface area contributed by atoms with Crippen molar-refractivity contribution in [1.82, 2.24) is 0 Å². The standard InChI is InChI=1S/C33H28ClNO4S/c1-22-5-3-4-6-30(22)32(37)26-11-7-24(8-12-26)21-25-9-13-27(14-10-25)33(38)31(35-39-23(2)36)19-20-40-29-17-15-28(34)16-18-29/h3-18H,19-21H2,1-2H3/b35-31+. The molecular weight excluding hydrogens is 542 g/mol. The summed E-state index contributed by atoms with van der Waals surface area (Å²) >= 11 is 7.50. The van der Waals surface area contributed by atoms with Crippen molar-refractivity contribution in [2.24, 2.45) is 5.16 Å². The van der Waals surface area contributed by atoms with E-state index in [9.17, 15) is 14.4 Å². The number of Topliss-reactive ketones (excluding diaryl/α,β-unsaturated/α-hetero) is 1. The zero-order valence-electron chi connectivity index (χ0n) is 22.2. The molecule has 4 rings (SSSR count). The molecule has 0 saturated heterocycles. The summed E-state index contributed by atoms with van der Waals surface area (Å²) in [6, 6.07) is 29.9. The lowest BCUT2D eigenvalue weighted by molar-refractivity contribution is -0.140. The fourth-order valence-corrected chi connectivity index (χ4v) is 5.04.